The Balaban J connectivity index is 1.91. The molecular formula is C17H26N2O. The van der Waals surface area contributed by atoms with Crippen molar-refractivity contribution in [2.24, 2.45) is 0 Å². The van der Waals surface area contributed by atoms with Gasteiger partial charge in [-0.1, -0.05) is 43.7 Å². The number of rotatable bonds is 7. The summed E-state index contributed by atoms with van der Waals surface area (Å²) < 4.78 is 0. The molecule has 0 radical (unpaired) electrons. The molecular weight excluding hydrogens is 248 g/mol. The fraction of sp³-hybridized carbons (Fsp3) is 0.588. The molecule has 0 bridgehead atoms. The Morgan fingerprint density at radius 1 is 1.40 bits per heavy atom. The second kappa shape index (κ2) is 6.89. The molecule has 1 fully saturated rings. The minimum atomic E-state index is 0.280. The van der Waals surface area contributed by atoms with E-state index in [9.17, 15) is 4.79 Å². The number of hydrogen-bond donors (Lipinski definition) is 1. The van der Waals surface area contributed by atoms with Crippen molar-refractivity contribution in [2.75, 3.05) is 6.54 Å². The highest BCUT2D eigenvalue weighted by molar-refractivity contribution is 5.77. The van der Waals surface area contributed by atoms with Crippen LogP contribution in [0.15, 0.2) is 24.3 Å². The van der Waals surface area contributed by atoms with Crippen molar-refractivity contribution in [3.8, 4) is 0 Å². The van der Waals surface area contributed by atoms with Gasteiger partial charge in [0.1, 0.15) is 0 Å². The predicted molar refractivity (Wildman–Crippen MR) is 82.5 cm³/mol. The molecule has 0 unspecified atom stereocenters. The fourth-order valence-electron chi connectivity index (χ4n) is 2.43. The van der Waals surface area contributed by atoms with Crippen LogP contribution in [0.5, 0.6) is 0 Å². The molecule has 1 aliphatic carbocycles. The van der Waals surface area contributed by atoms with E-state index in [0.717, 1.165) is 25.9 Å². The fourth-order valence-corrected chi connectivity index (χ4v) is 2.43. The second-order valence-electron chi connectivity index (χ2n) is 6.10. The summed E-state index contributed by atoms with van der Waals surface area (Å²) in [5.74, 6) is 0.280. The number of amides is 1. The zero-order chi connectivity index (χ0) is 14.5. The van der Waals surface area contributed by atoms with Gasteiger partial charge in [-0.25, -0.2) is 0 Å². The third kappa shape index (κ3) is 4.64. The molecule has 0 spiro atoms. The molecule has 1 aliphatic rings. The van der Waals surface area contributed by atoms with Crippen LogP contribution in [-0.4, -0.2) is 29.4 Å². The van der Waals surface area contributed by atoms with E-state index >= 15 is 0 Å². The molecule has 2 rings (SSSR count). The molecule has 1 aromatic carbocycles. The number of carbonyl (C=O) groups excluding carboxylic acids is 1. The monoisotopic (exact) mass is 274 g/mol. The van der Waals surface area contributed by atoms with Gasteiger partial charge >= 0.3 is 0 Å². The van der Waals surface area contributed by atoms with Crippen LogP contribution in [0, 0.1) is 6.92 Å². The minimum Gasteiger partial charge on any atom is -0.335 e. The van der Waals surface area contributed by atoms with Crippen LogP contribution >= 0.6 is 0 Å². The summed E-state index contributed by atoms with van der Waals surface area (Å²) in [6.45, 7) is 7.84. The second-order valence-corrected chi connectivity index (χ2v) is 6.10. The van der Waals surface area contributed by atoms with E-state index in [1.54, 1.807) is 0 Å². The van der Waals surface area contributed by atoms with Crippen molar-refractivity contribution < 1.29 is 4.79 Å². The van der Waals surface area contributed by atoms with Gasteiger partial charge in [-0.3, -0.25) is 4.79 Å². The van der Waals surface area contributed by atoms with Crippen LogP contribution in [0.3, 0.4) is 0 Å². The highest BCUT2D eigenvalue weighted by Gasteiger charge is 2.32. The Labute approximate surface area is 122 Å². The topological polar surface area (TPSA) is 32.3 Å². The highest BCUT2D eigenvalue weighted by Crippen LogP contribution is 2.29. The maximum absolute atomic E-state index is 12.4. The number of nitrogens with one attached hydrogen (secondary N) is 1. The van der Waals surface area contributed by atoms with Crippen LogP contribution in [-0.2, 0) is 11.3 Å². The van der Waals surface area contributed by atoms with Crippen LogP contribution in [0.2, 0.25) is 0 Å². The van der Waals surface area contributed by atoms with Crippen molar-refractivity contribution in [3.05, 3.63) is 35.4 Å². The Kier molecular flexibility index (Phi) is 5.18. The van der Waals surface area contributed by atoms with E-state index in [1.165, 1.54) is 11.1 Å². The lowest BCUT2D eigenvalue weighted by atomic mass is 10.1. The van der Waals surface area contributed by atoms with Crippen molar-refractivity contribution in [1.29, 1.82) is 0 Å². The van der Waals surface area contributed by atoms with Crippen LogP contribution in [0.1, 0.15) is 44.2 Å². The normalized spacial score (nSPS) is 14.6. The summed E-state index contributed by atoms with van der Waals surface area (Å²) in [6, 6.07) is 9.37. The average molecular weight is 274 g/mol. The molecule has 0 atom stereocenters. The molecule has 20 heavy (non-hydrogen) atoms. The molecule has 3 heteroatoms. The predicted octanol–water partition coefficient (Wildman–Crippen LogP) is 2.87. The summed E-state index contributed by atoms with van der Waals surface area (Å²) in [5.41, 5.74) is 2.49. The van der Waals surface area contributed by atoms with Gasteiger partial charge in [0.15, 0.2) is 0 Å². The average Bonchev–Trinajstić information content (AvgIpc) is 3.19. The Bertz CT molecular complexity index is 452. The Morgan fingerprint density at radius 3 is 2.75 bits per heavy atom. The lowest BCUT2D eigenvalue weighted by molar-refractivity contribution is -0.132. The molecule has 1 saturated carbocycles. The van der Waals surface area contributed by atoms with Crippen LogP contribution in [0.25, 0.3) is 0 Å². The molecule has 1 aromatic rings. The van der Waals surface area contributed by atoms with Gasteiger partial charge in [0.25, 0.3) is 0 Å². The van der Waals surface area contributed by atoms with E-state index in [1.807, 2.05) is 0 Å². The third-order valence-electron chi connectivity index (χ3n) is 3.63. The molecule has 1 N–H and O–H groups in total. The van der Waals surface area contributed by atoms with Gasteiger partial charge in [-0.2, -0.15) is 0 Å². The third-order valence-corrected chi connectivity index (χ3v) is 3.63. The molecule has 110 valence electrons. The minimum absolute atomic E-state index is 0.280. The van der Waals surface area contributed by atoms with Crippen molar-refractivity contribution in [1.82, 2.24) is 10.2 Å². The Morgan fingerprint density at radius 2 is 2.15 bits per heavy atom. The lowest BCUT2D eigenvalue weighted by Crippen LogP contribution is -2.35. The molecule has 0 heterocycles. The highest BCUT2D eigenvalue weighted by atomic mass is 16.2. The van der Waals surface area contributed by atoms with E-state index in [2.05, 4.69) is 55.3 Å². The lowest BCUT2D eigenvalue weighted by Gasteiger charge is -2.23. The van der Waals surface area contributed by atoms with Crippen molar-refractivity contribution in [2.45, 2.75) is 58.7 Å². The number of benzene rings is 1. The summed E-state index contributed by atoms with van der Waals surface area (Å²) in [4.78, 5) is 14.4. The van der Waals surface area contributed by atoms with Crippen LogP contribution in [0.4, 0.5) is 0 Å². The molecule has 0 aliphatic heterocycles. The van der Waals surface area contributed by atoms with E-state index < -0.39 is 0 Å². The van der Waals surface area contributed by atoms with E-state index in [0.29, 0.717) is 18.5 Å². The summed E-state index contributed by atoms with van der Waals surface area (Å²) >= 11 is 0. The van der Waals surface area contributed by atoms with Crippen molar-refractivity contribution >= 4 is 5.91 Å². The first-order chi connectivity index (χ1) is 9.56. The molecule has 1 amide bonds. The van der Waals surface area contributed by atoms with Gasteiger partial charge in [0, 0.05) is 31.6 Å². The van der Waals surface area contributed by atoms with Gasteiger partial charge in [0.2, 0.25) is 5.91 Å². The standard InChI is InChI=1S/C17H26N2O/c1-13(2)18-10-9-17(20)19(16-7-8-16)12-15-6-4-5-14(3)11-15/h4-6,11,13,16,18H,7-10,12H2,1-3H3. The maximum atomic E-state index is 12.4. The SMILES string of the molecule is Cc1cccc(CN(C(=O)CCNC(C)C)C2CC2)c1. The smallest absolute Gasteiger partial charge is 0.224 e. The van der Waals surface area contributed by atoms with Gasteiger partial charge < -0.3 is 10.2 Å². The quantitative estimate of drug-likeness (QED) is 0.829. The zero-order valence-corrected chi connectivity index (χ0v) is 12.9. The first-order valence-corrected chi connectivity index (χ1v) is 7.64. The molecule has 0 aromatic heterocycles. The van der Waals surface area contributed by atoms with Crippen LogP contribution < -0.4 is 5.32 Å². The number of hydrogen-bond acceptors (Lipinski definition) is 2. The van der Waals surface area contributed by atoms with E-state index in [-0.39, 0.29) is 5.91 Å². The Hall–Kier alpha value is -1.35. The number of aryl methyl sites for hydroxylation is 1. The van der Waals surface area contributed by atoms with E-state index in [4.69, 9.17) is 0 Å². The van der Waals surface area contributed by atoms with Crippen molar-refractivity contribution in [3.63, 3.8) is 0 Å². The summed E-state index contributed by atoms with van der Waals surface area (Å²) in [6.07, 6.45) is 2.92. The summed E-state index contributed by atoms with van der Waals surface area (Å²) in [5, 5.41) is 3.32. The largest absolute Gasteiger partial charge is 0.335 e. The zero-order valence-electron chi connectivity index (χ0n) is 12.9. The first kappa shape index (κ1) is 15.0. The number of nitrogens with zero attached hydrogens (tertiary/aromatic N) is 1. The van der Waals surface area contributed by atoms with Gasteiger partial charge in [0.05, 0.1) is 0 Å². The maximum Gasteiger partial charge on any atom is 0.224 e. The molecule has 3 nitrogen and oxygen atoms in total. The molecule has 0 saturated heterocycles. The van der Waals surface area contributed by atoms with Gasteiger partial charge in [-0.15, -0.1) is 0 Å². The number of carbonyl (C=O) groups is 1. The first-order valence-electron chi connectivity index (χ1n) is 7.64. The van der Waals surface area contributed by atoms with Gasteiger partial charge in [-0.05, 0) is 25.3 Å². The summed E-state index contributed by atoms with van der Waals surface area (Å²) in [7, 11) is 0.